The Balaban J connectivity index is 1.28. The summed E-state index contributed by atoms with van der Waals surface area (Å²) in [4.78, 5) is 27.7. The molecule has 2 amide bonds. The molecule has 0 aromatic carbocycles. The summed E-state index contributed by atoms with van der Waals surface area (Å²) in [5.74, 6) is 0.745. The molecule has 2 saturated heterocycles. The molecule has 0 spiro atoms. The standard InChI is InChI=1S/C16H28N4O2/c1-19-11-13(10-15(19)21)16(22)18-3-2-12-8-14(9-12)20-6-4-17-5-7-20/h12-14,17H,2-11H2,1H3,(H,18,22). The fourth-order valence-electron chi connectivity index (χ4n) is 3.86. The number of carbonyl (C=O) groups excluding carboxylic acids is 2. The second-order valence-corrected chi connectivity index (χ2v) is 7.03. The predicted molar refractivity (Wildman–Crippen MR) is 84.3 cm³/mol. The quantitative estimate of drug-likeness (QED) is 0.729. The van der Waals surface area contributed by atoms with Crippen LogP contribution in [0.15, 0.2) is 0 Å². The van der Waals surface area contributed by atoms with Crippen LogP contribution in [0.25, 0.3) is 0 Å². The number of nitrogens with one attached hydrogen (secondary N) is 2. The summed E-state index contributed by atoms with van der Waals surface area (Å²) in [6.45, 7) is 5.91. The van der Waals surface area contributed by atoms with Crippen LogP contribution in [0.1, 0.15) is 25.7 Å². The van der Waals surface area contributed by atoms with Gasteiger partial charge in [0.25, 0.3) is 0 Å². The van der Waals surface area contributed by atoms with Gasteiger partial charge in [-0.2, -0.15) is 0 Å². The molecule has 0 bridgehead atoms. The number of rotatable bonds is 5. The van der Waals surface area contributed by atoms with Crippen LogP contribution in [-0.2, 0) is 9.59 Å². The molecule has 0 radical (unpaired) electrons. The van der Waals surface area contributed by atoms with Crippen LogP contribution in [0.5, 0.6) is 0 Å². The molecule has 3 fully saturated rings. The summed E-state index contributed by atoms with van der Waals surface area (Å²) in [5.41, 5.74) is 0. The SMILES string of the molecule is CN1CC(C(=O)NCCC2CC(N3CCNCC3)C2)CC1=O. The minimum absolute atomic E-state index is 0.0516. The fourth-order valence-corrected chi connectivity index (χ4v) is 3.86. The molecule has 2 aliphatic heterocycles. The Morgan fingerprint density at radius 2 is 2.05 bits per heavy atom. The van der Waals surface area contributed by atoms with E-state index in [1.165, 1.54) is 25.9 Å². The molecule has 2 heterocycles. The lowest BCUT2D eigenvalue weighted by Crippen LogP contribution is -2.53. The molecule has 6 nitrogen and oxygen atoms in total. The molecule has 1 saturated carbocycles. The maximum absolute atomic E-state index is 12.0. The Morgan fingerprint density at radius 1 is 1.32 bits per heavy atom. The topological polar surface area (TPSA) is 64.7 Å². The number of likely N-dealkylation sites (tertiary alicyclic amines) is 1. The van der Waals surface area contributed by atoms with Crippen molar-refractivity contribution < 1.29 is 9.59 Å². The molecular formula is C16H28N4O2. The Bertz CT molecular complexity index is 416. The molecular weight excluding hydrogens is 280 g/mol. The van der Waals surface area contributed by atoms with Gasteiger partial charge in [-0.1, -0.05) is 0 Å². The summed E-state index contributed by atoms with van der Waals surface area (Å²) >= 11 is 0. The Labute approximate surface area is 132 Å². The average molecular weight is 308 g/mol. The van der Waals surface area contributed by atoms with E-state index in [-0.39, 0.29) is 17.7 Å². The minimum Gasteiger partial charge on any atom is -0.356 e. The Hall–Kier alpha value is -1.14. The van der Waals surface area contributed by atoms with Gasteiger partial charge < -0.3 is 15.5 Å². The van der Waals surface area contributed by atoms with Crippen molar-refractivity contribution in [1.82, 2.24) is 20.4 Å². The molecule has 1 aliphatic carbocycles. The zero-order valence-corrected chi connectivity index (χ0v) is 13.5. The number of piperazine rings is 1. The van der Waals surface area contributed by atoms with E-state index in [2.05, 4.69) is 15.5 Å². The maximum atomic E-state index is 12.0. The molecule has 3 rings (SSSR count). The van der Waals surface area contributed by atoms with Gasteiger partial charge in [0, 0.05) is 58.8 Å². The third-order valence-electron chi connectivity index (χ3n) is 5.44. The summed E-state index contributed by atoms with van der Waals surface area (Å²) in [5, 5.41) is 6.41. The van der Waals surface area contributed by atoms with Gasteiger partial charge in [-0.3, -0.25) is 14.5 Å². The fraction of sp³-hybridized carbons (Fsp3) is 0.875. The molecule has 3 aliphatic rings. The zero-order chi connectivity index (χ0) is 15.5. The number of carbonyl (C=O) groups is 2. The molecule has 2 N–H and O–H groups in total. The third-order valence-corrected chi connectivity index (χ3v) is 5.44. The van der Waals surface area contributed by atoms with Crippen molar-refractivity contribution in [3.05, 3.63) is 0 Å². The smallest absolute Gasteiger partial charge is 0.225 e. The number of hydrogen-bond donors (Lipinski definition) is 2. The maximum Gasteiger partial charge on any atom is 0.225 e. The van der Waals surface area contributed by atoms with Crippen LogP contribution in [0.3, 0.4) is 0 Å². The van der Waals surface area contributed by atoms with Crippen LogP contribution in [0, 0.1) is 11.8 Å². The van der Waals surface area contributed by atoms with Gasteiger partial charge in [0.1, 0.15) is 0 Å². The van der Waals surface area contributed by atoms with E-state index in [1.54, 1.807) is 11.9 Å². The van der Waals surface area contributed by atoms with Gasteiger partial charge in [0.15, 0.2) is 0 Å². The zero-order valence-electron chi connectivity index (χ0n) is 13.5. The molecule has 22 heavy (non-hydrogen) atoms. The van der Waals surface area contributed by atoms with Gasteiger partial charge >= 0.3 is 0 Å². The van der Waals surface area contributed by atoms with Crippen molar-refractivity contribution >= 4 is 11.8 Å². The first-order chi connectivity index (χ1) is 10.6. The van der Waals surface area contributed by atoms with Crippen LogP contribution < -0.4 is 10.6 Å². The summed E-state index contributed by atoms with van der Waals surface area (Å²) in [6.07, 6.45) is 4.00. The van der Waals surface area contributed by atoms with E-state index < -0.39 is 0 Å². The van der Waals surface area contributed by atoms with Crippen molar-refractivity contribution in [2.75, 3.05) is 46.3 Å². The second-order valence-electron chi connectivity index (χ2n) is 7.03. The Kier molecular flexibility index (Phi) is 4.98. The van der Waals surface area contributed by atoms with Gasteiger partial charge in [-0.15, -0.1) is 0 Å². The Morgan fingerprint density at radius 3 is 2.68 bits per heavy atom. The normalized spacial score (nSPS) is 32.9. The highest BCUT2D eigenvalue weighted by Gasteiger charge is 2.34. The van der Waals surface area contributed by atoms with Crippen molar-refractivity contribution in [1.29, 1.82) is 0 Å². The summed E-state index contributed by atoms with van der Waals surface area (Å²) in [7, 11) is 1.76. The minimum atomic E-state index is -0.146. The van der Waals surface area contributed by atoms with E-state index in [1.807, 2.05) is 0 Å². The molecule has 124 valence electrons. The average Bonchev–Trinajstić information content (AvgIpc) is 2.82. The lowest BCUT2D eigenvalue weighted by molar-refractivity contribution is -0.128. The van der Waals surface area contributed by atoms with E-state index >= 15 is 0 Å². The van der Waals surface area contributed by atoms with Crippen molar-refractivity contribution in [3.8, 4) is 0 Å². The van der Waals surface area contributed by atoms with Crippen LogP contribution in [0.4, 0.5) is 0 Å². The number of nitrogens with zero attached hydrogens (tertiary/aromatic N) is 2. The van der Waals surface area contributed by atoms with E-state index in [9.17, 15) is 9.59 Å². The summed E-state index contributed by atoms with van der Waals surface area (Å²) in [6, 6.07) is 0.768. The van der Waals surface area contributed by atoms with Crippen molar-refractivity contribution in [3.63, 3.8) is 0 Å². The largest absolute Gasteiger partial charge is 0.356 e. The first-order valence-corrected chi connectivity index (χ1v) is 8.60. The van der Waals surface area contributed by atoms with E-state index in [0.717, 1.165) is 38.0 Å². The molecule has 1 unspecified atom stereocenters. The molecule has 6 heteroatoms. The van der Waals surface area contributed by atoms with E-state index in [4.69, 9.17) is 0 Å². The lowest BCUT2D eigenvalue weighted by Gasteiger charge is -2.44. The first kappa shape index (κ1) is 15.7. The number of hydrogen-bond acceptors (Lipinski definition) is 4. The van der Waals surface area contributed by atoms with Crippen LogP contribution >= 0.6 is 0 Å². The highest BCUT2D eigenvalue weighted by molar-refractivity contribution is 5.89. The van der Waals surface area contributed by atoms with Gasteiger partial charge in [-0.25, -0.2) is 0 Å². The van der Waals surface area contributed by atoms with Crippen molar-refractivity contribution in [2.24, 2.45) is 11.8 Å². The van der Waals surface area contributed by atoms with Gasteiger partial charge in [0.2, 0.25) is 11.8 Å². The monoisotopic (exact) mass is 308 g/mol. The molecule has 0 aromatic heterocycles. The highest BCUT2D eigenvalue weighted by atomic mass is 16.2. The molecule has 1 atom stereocenters. The van der Waals surface area contributed by atoms with Crippen LogP contribution in [0.2, 0.25) is 0 Å². The highest BCUT2D eigenvalue weighted by Crippen LogP contribution is 2.34. The molecule has 0 aromatic rings. The van der Waals surface area contributed by atoms with Gasteiger partial charge in [0.05, 0.1) is 5.92 Å². The number of amides is 2. The summed E-state index contributed by atoms with van der Waals surface area (Å²) < 4.78 is 0. The first-order valence-electron chi connectivity index (χ1n) is 8.60. The van der Waals surface area contributed by atoms with Crippen molar-refractivity contribution in [2.45, 2.75) is 31.7 Å². The predicted octanol–water partition coefficient (Wildman–Crippen LogP) is -0.345. The van der Waals surface area contributed by atoms with E-state index in [0.29, 0.717) is 13.0 Å². The lowest BCUT2D eigenvalue weighted by atomic mass is 9.77. The van der Waals surface area contributed by atoms with Crippen LogP contribution in [-0.4, -0.2) is 74.0 Å². The second kappa shape index (κ2) is 6.96. The third kappa shape index (κ3) is 3.60. The van der Waals surface area contributed by atoms with Gasteiger partial charge in [-0.05, 0) is 25.2 Å².